The fourth-order valence-corrected chi connectivity index (χ4v) is 4.21. The molecule has 144 valence electrons. The third-order valence-corrected chi connectivity index (χ3v) is 5.36. The van der Waals surface area contributed by atoms with Gasteiger partial charge in [0.1, 0.15) is 6.04 Å². The predicted octanol–water partition coefficient (Wildman–Crippen LogP) is 3.89. The fourth-order valence-electron chi connectivity index (χ4n) is 4.21. The lowest BCUT2D eigenvalue weighted by molar-refractivity contribution is -0.148. The smallest absolute Gasteiger partial charge is 0.321 e. The average Bonchev–Trinajstić information content (AvgIpc) is 2.64. The van der Waals surface area contributed by atoms with Crippen LogP contribution in [0.2, 0.25) is 0 Å². The minimum atomic E-state index is -0.724. The Kier molecular flexibility index (Phi) is 5.98. The summed E-state index contributed by atoms with van der Waals surface area (Å²) in [6.07, 6.45) is 0. The van der Waals surface area contributed by atoms with Crippen molar-refractivity contribution < 1.29 is 9.90 Å². The van der Waals surface area contributed by atoms with Crippen molar-refractivity contribution >= 4 is 5.97 Å². The summed E-state index contributed by atoms with van der Waals surface area (Å²) in [6, 6.07) is 20.9. The van der Waals surface area contributed by atoms with Crippen molar-refractivity contribution in [1.82, 2.24) is 9.80 Å². The van der Waals surface area contributed by atoms with Gasteiger partial charge in [-0.3, -0.25) is 14.6 Å². The van der Waals surface area contributed by atoms with E-state index in [9.17, 15) is 9.90 Å². The first kappa shape index (κ1) is 19.6. The second-order valence-electron chi connectivity index (χ2n) is 8.40. The number of hydrogen-bond donors (Lipinski definition) is 1. The van der Waals surface area contributed by atoms with Crippen LogP contribution in [0.3, 0.4) is 0 Å². The van der Waals surface area contributed by atoms with Crippen molar-refractivity contribution in [3.63, 3.8) is 0 Å². The van der Waals surface area contributed by atoms with E-state index in [0.717, 1.165) is 26.2 Å². The quantitative estimate of drug-likeness (QED) is 0.872. The molecule has 1 atom stereocenters. The van der Waals surface area contributed by atoms with Crippen LogP contribution in [-0.2, 0) is 4.79 Å². The highest BCUT2D eigenvalue weighted by atomic mass is 16.4. The molecule has 1 N–H and O–H groups in total. The van der Waals surface area contributed by atoms with E-state index >= 15 is 0 Å². The van der Waals surface area contributed by atoms with Crippen LogP contribution >= 0.6 is 0 Å². The van der Waals surface area contributed by atoms with Gasteiger partial charge in [0.05, 0.1) is 6.04 Å². The van der Waals surface area contributed by atoms with Gasteiger partial charge in [0.2, 0.25) is 0 Å². The second-order valence-corrected chi connectivity index (χ2v) is 8.40. The van der Waals surface area contributed by atoms with Gasteiger partial charge in [-0.15, -0.1) is 0 Å². The maximum absolute atomic E-state index is 11.8. The van der Waals surface area contributed by atoms with Crippen LogP contribution in [-0.4, -0.2) is 53.1 Å². The molecule has 0 amide bonds. The second kappa shape index (κ2) is 8.24. The maximum atomic E-state index is 11.8. The summed E-state index contributed by atoms with van der Waals surface area (Å²) < 4.78 is 0. The van der Waals surface area contributed by atoms with E-state index in [0.29, 0.717) is 0 Å². The molecule has 1 fully saturated rings. The van der Waals surface area contributed by atoms with Crippen LogP contribution < -0.4 is 0 Å². The third kappa shape index (κ3) is 4.57. The van der Waals surface area contributed by atoms with Crippen molar-refractivity contribution in [3.8, 4) is 0 Å². The summed E-state index contributed by atoms with van der Waals surface area (Å²) in [7, 11) is 0. The van der Waals surface area contributed by atoms with Gasteiger partial charge in [0.25, 0.3) is 0 Å². The third-order valence-electron chi connectivity index (χ3n) is 5.36. The number of rotatable bonds is 5. The highest BCUT2D eigenvalue weighted by molar-refractivity contribution is 5.74. The molecule has 0 radical (unpaired) electrons. The molecule has 0 aromatic heterocycles. The van der Waals surface area contributed by atoms with E-state index in [-0.39, 0.29) is 11.5 Å². The number of benzene rings is 2. The molecule has 1 aliphatic heterocycles. The van der Waals surface area contributed by atoms with Crippen LogP contribution in [0, 0.1) is 5.41 Å². The molecule has 0 aliphatic carbocycles. The average molecular weight is 367 g/mol. The lowest BCUT2D eigenvalue weighted by Crippen LogP contribution is -2.57. The largest absolute Gasteiger partial charge is 0.480 e. The molecule has 27 heavy (non-hydrogen) atoms. The Morgan fingerprint density at radius 2 is 1.22 bits per heavy atom. The number of hydrogen-bond acceptors (Lipinski definition) is 3. The Labute approximate surface area is 162 Å². The van der Waals surface area contributed by atoms with E-state index in [1.165, 1.54) is 11.1 Å². The normalized spacial score (nSPS) is 17.8. The van der Waals surface area contributed by atoms with Gasteiger partial charge in [0.15, 0.2) is 0 Å². The molecule has 2 aromatic carbocycles. The Balaban J connectivity index is 1.80. The van der Waals surface area contributed by atoms with E-state index < -0.39 is 12.0 Å². The summed E-state index contributed by atoms with van der Waals surface area (Å²) in [4.78, 5) is 16.5. The zero-order valence-electron chi connectivity index (χ0n) is 16.5. The molecule has 4 heteroatoms. The van der Waals surface area contributed by atoms with Crippen LogP contribution in [0.25, 0.3) is 0 Å². The van der Waals surface area contributed by atoms with E-state index in [1.54, 1.807) is 0 Å². The molecule has 3 rings (SSSR count). The molecule has 0 saturated carbocycles. The van der Waals surface area contributed by atoms with Gasteiger partial charge >= 0.3 is 5.97 Å². The minimum Gasteiger partial charge on any atom is -0.480 e. The first-order chi connectivity index (χ1) is 12.9. The highest BCUT2D eigenvalue weighted by Gasteiger charge is 2.38. The summed E-state index contributed by atoms with van der Waals surface area (Å²) in [5.74, 6) is -0.724. The summed E-state index contributed by atoms with van der Waals surface area (Å²) in [5.41, 5.74) is 2.28. The standard InChI is InChI=1S/C23H30N2O2/c1-23(2,3)21(22(26)27)25-16-14-24(15-17-25)20(18-10-6-4-7-11-18)19-12-8-5-9-13-19/h4-13,20-21H,14-17H2,1-3H3,(H,26,27). The maximum Gasteiger partial charge on any atom is 0.321 e. The molecular formula is C23H30N2O2. The Hall–Kier alpha value is -2.17. The van der Waals surface area contributed by atoms with Crippen molar-refractivity contribution in [2.45, 2.75) is 32.9 Å². The van der Waals surface area contributed by atoms with Crippen LogP contribution in [0.15, 0.2) is 60.7 Å². The molecule has 2 aromatic rings. The van der Waals surface area contributed by atoms with E-state index in [2.05, 4.69) is 58.3 Å². The van der Waals surface area contributed by atoms with Crippen molar-refractivity contribution in [3.05, 3.63) is 71.8 Å². The summed E-state index contributed by atoms with van der Waals surface area (Å²) in [6.45, 7) is 9.27. The number of nitrogens with zero attached hydrogens (tertiary/aromatic N) is 2. The zero-order valence-corrected chi connectivity index (χ0v) is 16.5. The summed E-state index contributed by atoms with van der Waals surface area (Å²) >= 11 is 0. The van der Waals surface area contributed by atoms with Crippen molar-refractivity contribution in [1.29, 1.82) is 0 Å². The van der Waals surface area contributed by atoms with Gasteiger partial charge in [-0.1, -0.05) is 81.4 Å². The Morgan fingerprint density at radius 1 is 0.815 bits per heavy atom. The van der Waals surface area contributed by atoms with Gasteiger partial charge in [-0.25, -0.2) is 0 Å². The van der Waals surface area contributed by atoms with Crippen LogP contribution in [0.4, 0.5) is 0 Å². The molecule has 0 spiro atoms. The lowest BCUT2D eigenvalue weighted by atomic mass is 9.85. The van der Waals surface area contributed by atoms with Crippen LogP contribution in [0.5, 0.6) is 0 Å². The molecule has 1 saturated heterocycles. The Bertz CT molecular complexity index is 692. The van der Waals surface area contributed by atoms with Crippen molar-refractivity contribution in [2.75, 3.05) is 26.2 Å². The lowest BCUT2D eigenvalue weighted by Gasteiger charge is -2.44. The SMILES string of the molecule is CC(C)(C)C(C(=O)O)N1CCN(C(c2ccccc2)c2ccccc2)CC1. The number of carbonyl (C=O) groups is 1. The highest BCUT2D eigenvalue weighted by Crippen LogP contribution is 2.31. The van der Waals surface area contributed by atoms with Crippen LogP contribution in [0.1, 0.15) is 37.9 Å². The van der Waals surface area contributed by atoms with Gasteiger partial charge in [0, 0.05) is 26.2 Å². The van der Waals surface area contributed by atoms with E-state index in [1.807, 2.05) is 32.9 Å². The zero-order chi connectivity index (χ0) is 19.4. The number of carboxylic acids is 1. The molecule has 0 bridgehead atoms. The number of carboxylic acid groups (broad SMARTS) is 1. The predicted molar refractivity (Wildman–Crippen MR) is 109 cm³/mol. The molecule has 1 heterocycles. The Morgan fingerprint density at radius 3 is 1.59 bits per heavy atom. The number of aliphatic carboxylic acids is 1. The monoisotopic (exact) mass is 366 g/mol. The molecule has 1 unspecified atom stereocenters. The van der Waals surface area contributed by atoms with Gasteiger partial charge in [-0.2, -0.15) is 0 Å². The topological polar surface area (TPSA) is 43.8 Å². The minimum absolute atomic E-state index is 0.201. The first-order valence-corrected chi connectivity index (χ1v) is 9.69. The van der Waals surface area contributed by atoms with E-state index in [4.69, 9.17) is 0 Å². The molecular weight excluding hydrogens is 336 g/mol. The molecule has 1 aliphatic rings. The van der Waals surface area contributed by atoms with Gasteiger partial charge in [-0.05, 0) is 16.5 Å². The summed E-state index contributed by atoms with van der Waals surface area (Å²) in [5, 5.41) is 9.74. The number of piperazine rings is 1. The van der Waals surface area contributed by atoms with Gasteiger partial charge < -0.3 is 5.11 Å². The van der Waals surface area contributed by atoms with Crippen molar-refractivity contribution in [2.24, 2.45) is 5.41 Å². The first-order valence-electron chi connectivity index (χ1n) is 9.69. The fraction of sp³-hybridized carbons (Fsp3) is 0.435. The molecule has 4 nitrogen and oxygen atoms in total.